The van der Waals surface area contributed by atoms with Crippen molar-refractivity contribution in [3.63, 3.8) is 0 Å². The minimum Gasteiger partial charge on any atom is -0.364 e. The van der Waals surface area contributed by atoms with E-state index in [1.165, 1.54) is 4.90 Å². The fourth-order valence-corrected chi connectivity index (χ4v) is 2.12. The Bertz CT molecular complexity index is 279. The first-order valence-electron chi connectivity index (χ1n) is 4.51. The fraction of sp³-hybridized carbons (Fsp3) is 0.625. The number of nitrogens with one attached hydrogen (secondary N) is 1. The molecular formula is C8H11N3O2S. The van der Waals surface area contributed by atoms with Crippen LogP contribution in [0.1, 0.15) is 12.8 Å². The van der Waals surface area contributed by atoms with Crippen LogP contribution in [0.5, 0.6) is 0 Å². The minimum absolute atomic E-state index is 0.109. The zero-order chi connectivity index (χ0) is 9.97. The third-order valence-electron chi connectivity index (χ3n) is 2.13. The second kappa shape index (κ2) is 4.00. The molecule has 0 aromatic carbocycles. The number of hydrogen-bond donors (Lipinski definition) is 1. The lowest BCUT2D eigenvalue weighted by Crippen LogP contribution is -2.30. The Balaban J connectivity index is 1.93. The van der Waals surface area contributed by atoms with Crippen molar-refractivity contribution >= 4 is 28.7 Å². The number of amides is 2. The van der Waals surface area contributed by atoms with E-state index in [0.717, 1.165) is 17.5 Å². The molecular weight excluding hydrogens is 202 g/mol. The maximum atomic E-state index is 11.2. The largest absolute Gasteiger partial charge is 0.364 e. The summed E-state index contributed by atoms with van der Waals surface area (Å²) >= 11 is 1.62. The topological polar surface area (TPSA) is 61.8 Å². The molecule has 1 N–H and O–H groups in total. The molecule has 0 spiro atoms. The second-order valence-corrected chi connectivity index (χ2v) is 4.18. The van der Waals surface area contributed by atoms with E-state index in [1.54, 1.807) is 11.8 Å². The predicted octanol–water partition coefficient (Wildman–Crippen LogP) is -0.215. The lowest BCUT2D eigenvalue weighted by molar-refractivity contribution is -0.138. The minimum atomic E-state index is -0.109. The number of carbonyl (C=O) groups is 2. The lowest BCUT2D eigenvalue weighted by atomic mass is 10.4. The SMILES string of the molecule is O=C1CCC(=O)N1CN=C1NCCS1. The van der Waals surface area contributed by atoms with E-state index in [-0.39, 0.29) is 18.5 Å². The van der Waals surface area contributed by atoms with Gasteiger partial charge in [0.2, 0.25) is 11.8 Å². The maximum absolute atomic E-state index is 11.2. The first-order chi connectivity index (χ1) is 6.77. The van der Waals surface area contributed by atoms with Gasteiger partial charge >= 0.3 is 0 Å². The van der Waals surface area contributed by atoms with Gasteiger partial charge in [-0.05, 0) is 0 Å². The molecule has 0 unspecified atom stereocenters. The number of aliphatic imine (C=N–C) groups is 1. The highest BCUT2D eigenvalue weighted by Gasteiger charge is 2.28. The van der Waals surface area contributed by atoms with E-state index >= 15 is 0 Å². The molecule has 2 saturated heterocycles. The average Bonchev–Trinajstić information content (AvgIpc) is 2.76. The van der Waals surface area contributed by atoms with Crippen LogP contribution < -0.4 is 5.32 Å². The summed E-state index contributed by atoms with van der Waals surface area (Å²) in [7, 11) is 0. The number of carbonyl (C=O) groups excluding carboxylic acids is 2. The Labute approximate surface area is 85.9 Å². The molecule has 2 fully saturated rings. The van der Waals surface area contributed by atoms with Gasteiger partial charge in [0.25, 0.3) is 0 Å². The smallest absolute Gasteiger partial charge is 0.231 e. The van der Waals surface area contributed by atoms with E-state index in [4.69, 9.17) is 0 Å². The Kier molecular flexibility index (Phi) is 2.72. The standard InChI is InChI=1S/C8H11N3O2S/c12-6-1-2-7(13)11(6)5-10-8-9-3-4-14-8/h1-5H2,(H,9,10). The second-order valence-electron chi connectivity index (χ2n) is 3.10. The van der Waals surface area contributed by atoms with Gasteiger partial charge in [-0.25, -0.2) is 4.99 Å². The summed E-state index contributed by atoms with van der Waals surface area (Å²) in [4.78, 5) is 27.8. The van der Waals surface area contributed by atoms with Crippen molar-refractivity contribution < 1.29 is 9.59 Å². The summed E-state index contributed by atoms with van der Waals surface area (Å²) in [6, 6.07) is 0. The van der Waals surface area contributed by atoms with Crippen LogP contribution in [0.25, 0.3) is 0 Å². The first kappa shape index (κ1) is 9.51. The Morgan fingerprint density at radius 1 is 1.36 bits per heavy atom. The van der Waals surface area contributed by atoms with Gasteiger partial charge in [-0.1, -0.05) is 11.8 Å². The molecule has 2 heterocycles. The van der Waals surface area contributed by atoms with Crippen LogP contribution >= 0.6 is 11.8 Å². The molecule has 0 bridgehead atoms. The molecule has 2 aliphatic rings. The van der Waals surface area contributed by atoms with E-state index in [0.29, 0.717) is 12.8 Å². The van der Waals surface area contributed by atoms with Crippen molar-refractivity contribution in [1.82, 2.24) is 10.2 Å². The predicted molar refractivity (Wildman–Crippen MR) is 53.8 cm³/mol. The highest BCUT2D eigenvalue weighted by molar-refractivity contribution is 8.14. The number of thioether (sulfide) groups is 1. The molecule has 14 heavy (non-hydrogen) atoms. The monoisotopic (exact) mass is 213 g/mol. The molecule has 76 valence electrons. The molecule has 0 atom stereocenters. The molecule has 2 amide bonds. The highest BCUT2D eigenvalue weighted by Crippen LogP contribution is 2.13. The first-order valence-corrected chi connectivity index (χ1v) is 5.50. The number of hydrogen-bond acceptors (Lipinski definition) is 4. The summed E-state index contributed by atoms with van der Waals surface area (Å²) in [5, 5.41) is 3.90. The van der Waals surface area contributed by atoms with Gasteiger partial charge in [0.1, 0.15) is 6.67 Å². The third kappa shape index (κ3) is 1.89. The van der Waals surface area contributed by atoms with Crippen molar-refractivity contribution in [2.24, 2.45) is 4.99 Å². The van der Waals surface area contributed by atoms with Gasteiger partial charge in [0.05, 0.1) is 0 Å². The van der Waals surface area contributed by atoms with E-state index in [9.17, 15) is 9.59 Å². The fourth-order valence-electron chi connectivity index (χ4n) is 1.37. The Morgan fingerprint density at radius 3 is 2.64 bits per heavy atom. The van der Waals surface area contributed by atoms with E-state index < -0.39 is 0 Å². The number of imide groups is 1. The summed E-state index contributed by atoms with van der Waals surface area (Å²) in [6.07, 6.45) is 0.675. The Morgan fingerprint density at radius 2 is 2.07 bits per heavy atom. The van der Waals surface area contributed by atoms with E-state index in [2.05, 4.69) is 10.3 Å². The number of amidine groups is 1. The summed E-state index contributed by atoms with van der Waals surface area (Å²) in [5.74, 6) is 0.783. The van der Waals surface area contributed by atoms with Crippen LogP contribution in [0.2, 0.25) is 0 Å². The number of rotatable bonds is 2. The molecule has 0 aromatic rings. The van der Waals surface area contributed by atoms with E-state index in [1.807, 2.05) is 0 Å². The quantitative estimate of drug-likeness (QED) is 0.644. The number of likely N-dealkylation sites (tertiary alicyclic amines) is 1. The number of nitrogens with zero attached hydrogens (tertiary/aromatic N) is 2. The van der Waals surface area contributed by atoms with Crippen molar-refractivity contribution in [1.29, 1.82) is 0 Å². The zero-order valence-electron chi connectivity index (χ0n) is 7.65. The zero-order valence-corrected chi connectivity index (χ0v) is 8.47. The van der Waals surface area contributed by atoms with Crippen molar-refractivity contribution in [3.8, 4) is 0 Å². The van der Waals surface area contributed by atoms with Crippen LogP contribution in [0.15, 0.2) is 4.99 Å². The average molecular weight is 213 g/mol. The third-order valence-corrected chi connectivity index (χ3v) is 3.08. The molecule has 2 rings (SSSR count). The normalized spacial score (nSPS) is 24.9. The van der Waals surface area contributed by atoms with Crippen LogP contribution in [-0.2, 0) is 9.59 Å². The van der Waals surface area contributed by atoms with Gasteiger partial charge in [0.15, 0.2) is 5.17 Å². The molecule has 0 aliphatic carbocycles. The van der Waals surface area contributed by atoms with Crippen LogP contribution in [0.4, 0.5) is 0 Å². The molecule has 0 aromatic heterocycles. The molecule has 6 heteroatoms. The lowest BCUT2D eigenvalue weighted by Gasteiger charge is -2.10. The molecule has 0 saturated carbocycles. The summed E-state index contributed by atoms with van der Waals surface area (Å²) < 4.78 is 0. The maximum Gasteiger partial charge on any atom is 0.231 e. The van der Waals surface area contributed by atoms with Gasteiger partial charge in [-0.2, -0.15) is 0 Å². The van der Waals surface area contributed by atoms with Gasteiger partial charge in [-0.15, -0.1) is 0 Å². The molecule has 5 nitrogen and oxygen atoms in total. The van der Waals surface area contributed by atoms with Crippen LogP contribution in [0.3, 0.4) is 0 Å². The summed E-state index contributed by atoms with van der Waals surface area (Å²) in [6.45, 7) is 1.08. The van der Waals surface area contributed by atoms with Crippen molar-refractivity contribution in [2.75, 3.05) is 19.0 Å². The van der Waals surface area contributed by atoms with Crippen LogP contribution in [0, 0.1) is 0 Å². The van der Waals surface area contributed by atoms with Gasteiger partial charge in [-0.3, -0.25) is 14.5 Å². The molecule has 2 aliphatic heterocycles. The van der Waals surface area contributed by atoms with Crippen molar-refractivity contribution in [3.05, 3.63) is 0 Å². The van der Waals surface area contributed by atoms with Gasteiger partial charge < -0.3 is 5.32 Å². The van der Waals surface area contributed by atoms with Gasteiger partial charge in [0, 0.05) is 25.1 Å². The highest BCUT2D eigenvalue weighted by atomic mass is 32.2. The van der Waals surface area contributed by atoms with Crippen LogP contribution in [-0.4, -0.2) is 40.8 Å². The Hall–Kier alpha value is -1.04. The van der Waals surface area contributed by atoms with Crippen molar-refractivity contribution in [2.45, 2.75) is 12.8 Å². The summed E-state index contributed by atoms with van der Waals surface area (Å²) in [5.41, 5.74) is 0. The molecule has 0 radical (unpaired) electrons.